The average Bonchev–Trinajstić information content (AvgIpc) is 3.04. The number of benzene rings is 1. The number of anilines is 1. The van der Waals surface area contributed by atoms with Crippen LogP contribution >= 0.6 is 0 Å². The van der Waals surface area contributed by atoms with Crippen LogP contribution in [-0.4, -0.2) is 43.2 Å². The minimum atomic E-state index is -0.294. The van der Waals surface area contributed by atoms with Gasteiger partial charge in [0.2, 0.25) is 0 Å². The maximum absolute atomic E-state index is 14.6. The third-order valence-corrected chi connectivity index (χ3v) is 8.45. The molecular weight excluding hydrogens is 597 g/mol. The third-order valence-electron chi connectivity index (χ3n) is 8.45. The van der Waals surface area contributed by atoms with Crippen LogP contribution in [-0.2, 0) is 15.9 Å². The van der Waals surface area contributed by atoms with E-state index in [0.717, 1.165) is 55.2 Å². The highest BCUT2D eigenvalue weighted by Gasteiger charge is 2.35. The zero-order valence-corrected chi connectivity index (χ0v) is 31.4. The summed E-state index contributed by atoms with van der Waals surface area (Å²) in [6, 6.07) is 5.13. The lowest BCUT2D eigenvalue weighted by molar-refractivity contribution is 0.126. The number of likely N-dealkylation sites (tertiary alicyclic amines) is 1. The Bertz CT molecular complexity index is 1520. The molecule has 0 amide bonds. The maximum atomic E-state index is 14.6. The van der Waals surface area contributed by atoms with E-state index in [2.05, 4.69) is 94.8 Å². The van der Waals surface area contributed by atoms with Gasteiger partial charge in [-0.2, -0.15) is 0 Å². The van der Waals surface area contributed by atoms with Gasteiger partial charge in [0.25, 0.3) is 0 Å². The van der Waals surface area contributed by atoms with Gasteiger partial charge in [-0.25, -0.2) is 4.39 Å². The summed E-state index contributed by atoms with van der Waals surface area (Å²) in [5.41, 5.74) is 12.4. The molecule has 1 saturated heterocycles. The van der Waals surface area contributed by atoms with E-state index in [1.54, 1.807) is 6.07 Å². The Kier molecular flexibility index (Phi) is 15.4. The van der Waals surface area contributed by atoms with Crippen LogP contribution in [0.5, 0.6) is 0 Å². The zero-order valence-electron chi connectivity index (χ0n) is 31.4. The summed E-state index contributed by atoms with van der Waals surface area (Å²) in [4.78, 5) is 4.80. The summed E-state index contributed by atoms with van der Waals surface area (Å²) in [6.45, 7) is 38.1. The van der Waals surface area contributed by atoms with Crippen LogP contribution < -0.4 is 5.32 Å². The topological polar surface area (TPSA) is 37.0 Å². The molecule has 1 aromatic carbocycles. The van der Waals surface area contributed by atoms with Gasteiger partial charge >= 0.3 is 0 Å². The average molecular weight is 660 g/mol. The number of rotatable bonds is 8. The monoisotopic (exact) mass is 659 g/mol. The number of hydrogen-bond acceptors (Lipinski definition) is 5. The molecule has 1 aromatic rings. The lowest BCUT2D eigenvalue weighted by atomic mass is 9.86. The van der Waals surface area contributed by atoms with Crippen LogP contribution in [0.2, 0.25) is 0 Å². The largest absolute Gasteiger partial charge is 0.494 e. The number of halogens is 1. The van der Waals surface area contributed by atoms with E-state index < -0.39 is 0 Å². The Morgan fingerprint density at radius 2 is 1.90 bits per heavy atom. The van der Waals surface area contributed by atoms with Gasteiger partial charge in [-0.05, 0) is 73.1 Å². The summed E-state index contributed by atoms with van der Waals surface area (Å²) in [7, 11) is 1.54. The predicted octanol–water partition coefficient (Wildman–Crippen LogP) is 11.1. The second-order valence-corrected chi connectivity index (χ2v) is 13.4. The molecule has 264 valence electrons. The molecule has 2 heterocycles. The SMILES string of the molecule is C=C=C(Cc1ccc(N/C(C)=C/C=C2/CCN(C3=C(C)C4=C(CC3C)OCCN4C(=C)C)CC2=C)cc1F)OC.C=CC(C)(C)C.CC.[HH]. The third kappa shape index (κ3) is 11.0. The van der Waals surface area contributed by atoms with Gasteiger partial charge in [-0.1, -0.05) is 85.2 Å². The normalized spacial score (nSPS) is 18.8. The van der Waals surface area contributed by atoms with E-state index in [1.807, 2.05) is 39.0 Å². The van der Waals surface area contributed by atoms with Crippen LogP contribution in [0, 0.1) is 17.2 Å². The van der Waals surface area contributed by atoms with Crippen molar-refractivity contribution in [3.05, 3.63) is 131 Å². The van der Waals surface area contributed by atoms with E-state index in [9.17, 15) is 4.39 Å². The lowest BCUT2D eigenvalue weighted by Gasteiger charge is -2.44. The van der Waals surface area contributed by atoms with Crippen LogP contribution in [0.15, 0.2) is 119 Å². The Balaban J connectivity index is 0.00000120. The highest BCUT2D eigenvalue weighted by molar-refractivity contribution is 5.51. The van der Waals surface area contributed by atoms with Crippen LogP contribution in [0.1, 0.15) is 82.1 Å². The van der Waals surface area contributed by atoms with Crippen molar-refractivity contribution >= 4 is 5.69 Å². The van der Waals surface area contributed by atoms with Gasteiger partial charge in [-0.3, -0.25) is 0 Å². The molecule has 48 heavy (non-hydrogen) atoms. The van der Waals surface area contributed by atoms with Gasteiger partial charge < -0.3 is 24.6 Å². The fourth-order valence-electron chi connectivity index (χ4n) is 5.85. The van der Waals surface area contributed by atoms with E-state index in [4.69, 9.17) is 9.47 Å². The number of ether oxygens (including phenoxy) is 2. The summed E-state index contributed by atoms with van der Waals surface area (Å²) >= 11 is 0. The molecule has 1 fully saturated rings. The molecule has 5 nitrogen and oxygen atoms in total. The first-order valence-corrected chi connectivity index (χ1v) is 17.1. The molecule has 1 atom stereocenters. The van der Waals surface area contributed by atoms with Gasteiger partial charge in [-0.15, -0.1) is 6.58 Å². The second-order valence-electron chi connectivity index (χ2n) is 13.4. The second kappa shape index (κ2) is 18.4. The summed E-state index contributed by atoms with van der Waals surface area (Å²) in [6.07, 6.45) is 8.26. The molecule has 0 radical (unpaired) electrons. The van der Waals surface area contributed by atoms with Gasteiger partial charge in [0.1, 0.15) is 23.9 Å². The molecule has 1 unspecified atom stereocenters. The summed E-state index contributed by atoms with van der Waals surface area (Å²) < 4.78 is 25.9. The predicted molar refractivity (Wildman–Crippen MR) is 205 cm³/mol. The Hall–Kier alpha value is -4.15. The minimum Gasteiger partial charge on any atom is -0.494 e. The van der Waals surface area contributed by atoms with Crippen molar-refractivity contribution in [3.8, 4) is 0 Å². The van der Waals surface area contributed by atoms with Gasteiger partial charge in [0.05, 0.1) is 19.4 Å². The number of nitrogens with zero attached hydrogens (tertiary/aromatic N) is 2. The smallest absolute Gasteiger partial charge is 0.142 e. The molecule has 3 aliphatic rings. The fourth-order valence-corrected chi connectivity index (χ4v) is 5.85. The van der Waals surface area contributed by atoms with Crippen molar-refractivity contribution in [1.29, 1.82) is 0 Å². The lowest BCUT2D eigenvalue weighted by Crippen LogP contribution is -2.40. The fraction of sp³-hybridized carbons (Fsp3) is 0.452. The molecule has 0 aromatic heterocycles. The summed E-state index contributed by atoms with van der Waals surface area (Å²) in [5.74, 6) is 1.69. The van der Waals surface area contributed by atoms with Crippen molar-refractivity contribution in [3.63, 3.8) is 0 Å². The van der Waals surface area contributed by atoms with Crippen molar-refractivity contribution in [2.75, 3.05) is 38.7 Å². The van der Waals surface area contributed by atoms with Crippen molar-refractivity contribution in [2.45, 2.75) is 81.6 Å². The number of hydrogen-bond donors (Lipinski definition) is 1. The van der Waals surface area contributed by atoms with E-state index in [-0.39, 0.29) is 7.24 Å². The number of piperidine rings is 1. The molecule has 0 bridgehead atoms. The molecule has 0 saturated carbocycles. The standard InChI is InChI=1S/C34H42FN3O2.C6H12.C2H6.H2/c1-9-30(39-8)19-28-12-13-29(20-31(28)35)36-25(6)10-11-27-14-15-37(21-24(27)5)33-23(4)18-32-34(26(33)7)38(22(2)3)16-17-40-32;1-5-6(2,3)4;1-2;/h10-13,20,23,36H,1-2,5,14-19,21H2,3-4,6-8H3;5H,1H2,2-4H3;1-2H3;1H/b25-10+,27-11-;;;. The Labute approximate surface area is 292 Å². The molecule has 6 heteroatoms. The van der Waals surface area contributed by atoms with E-state index >= 15 is 0 Å². The van der Waals surface area contributed by atoms with Crippen LogP contribution in [0.4, 0.5) is 10.1 Å². The summed E-state index contributed by atoms with van der Waals surface area (Å²) in [5, 5.41) is 3.29. The van der Waals surface area contributed by atoms with E-state index in [0.29, 0.717) is 41.4 Å². The highest BCUT2D eigenvalue weighted by Crippen LogP contribution is 2.42. The molecule has 4 rings (SSSR count). The van der Waals surface area contributed by atoms with E-state index in [1.165, 1.54) is 35.7 Å². The minimum absolute atomic E-state index is 0. The first-order valence-electron chi connectivity index (χ1n) is 17.1. The number of allylic oxidation sites excluding steroid dienone is 9. The Morgan fingerprint density at radius 3 is 2.44 bits per heavy atom. The van der Waals surface area contributed by atoms with Gasteiger partial charge in [0.15, 0.2) is 0 Å². The first-order chi connectivity index (χ1) is 22.7. The highest BCUT2D eigenvalue weighted by atomic mass is 19.1. The van der Waals surface area contributed by atoms with Crippen molar-refractivity contribution in [1.82, 2.24) is 9.80 Å². The van der Waals surface area contributed by atoms with Crippen LogP contribution in [0.3, 0.4) is 0 Å². The number of methoxy groups -OCH3 is 1. The first kappa shape index (κ1) is 40.0. The molecule has 1 N–H and O–H groups in total. The maximum Gasteiger partial charge on any atom is 0.142 e. The van der Waals surface area contributed by atoms with Crippen molar-refractivity contribution in [2.24, 2.45) is 11.3 Å². The zero-order chi connectivity index (χ0) is 36.2. The van der Waals surface area contributed by atoms with Crippen LogP contribution in [0.25, 0.3) is 0 Å². The molecule has 1 aliphatic carbocycles. The molecular formula is C42H62FN3O2. The Morgan fingerprint density at radius 1 is 1.23 bits per heavy atom. The quantitative estimate of drug-likeness (QED) is 0.171. The molecule has 2 aliphatic heterocycles. The molecule has 0 spiro atoms. The number of nitrogens with one attached hydrogen (secondary N) is 1. The van der Waals surface area contributed by atoms with Gasteiger partial charge in [0, 0.05) is 56.1 Å². The van der Waals surface area contributed by atoms with Crippen molar-refractivity contribution < 1.29 is 15.3 Å².